The molecule has 1 aliphatic rings. The fourth-order valence-corrected chi connectivity index (χ4v) is 3.22. The number of methoxy groups -OCH3 is 1. The van der Waals surface area contributed by atoms with E-state index in [2.05, 4.69) is 31.0 Å². The summed E-state index contributed by atoms with van der Waals surface area (Å²) in [5.74, 6) is 0.382. The molecule has 1 unspecified atom stereocenters. The molecule has 0 aliphatic carbocycles. The number of hydrogen-bond donors (Lipinski definition) is 0. The van der Waals surface area contributed by atoms with Crippen LogP contribution in [-0.2, 0) is 16.0 Å². The molecule has 5 nitrogen and oxygen atoms in total. The molecule has 2 heterocycles. The van der Waals surface area contributed by atoms with Crippen LogP contribution in [0.5, 0.6) is 0 Å². The molecule has 0 saturated carbocycles. The summed E-state index contributed by atoms with van der Waals surface area (Å²) >= 11 is 0. The Balaban J connectivity index is 1.90. The Morgan fingerprint density at radius 2 is 2.26 bits per heavy atom. The summed E-state index contributed by atoms with van der Waals surface area (Å²) in [6, 6.07) is 6.39. The third-order valence-electron chi connectivity index (χ3n) is 4.31. The summed E-state index contributed by atoms with van der Waals surface area (Å²) in [6.45, 7) is 5.17. The second-order valence-electron chi connectivity index (χ2n) is 6.62. The number of fused-ring (bicyclic) bond motifs is 1. The van der Waals surface area contributed by atoms with Gasteiger partial charge in [0.1, 0.15) is 11.6 Å². The van der Waals surface area contributed by atoms with Gasteiger partial charge >= 0.3 is 5.97 Å². The number of ether oxygens (including phenoxy) is 1. The molecule has 0 N–H and O–H groups in total. The Hall–Kier alpha value is -2.04. The Bertz CT molecular complexity index is 693. The molecule has 124 valence electrons. The first-order valence-electron chi connectivity index (χ1n) is 8.32. The molecule has 23 heavy (non-hydrogen) atoms. The minimum atomic E-state index is -0.294. The minimum Gasteiger partial charge on any atom is -0.467 e. The molecule has 1 aromatic carbocycles. The van der Waals surface area contributed by atoms with Crippen LogP contribution >= 0.6 is 0 Å². The summed E-state index contributed by atoms with van der Waals surface area (Å²) in [5, 5.41) is 0. The van der Waals surface area contributed by atoms with Crippen molar-refractivity contribution in [2.75, 3.05) is 18.6 Å². The zero-order valence-electron chi connectivity index (χ0n) is 14.0. The maximum absolute atomic E-state index is 12.0. The molecular weight excluding hydrogens is 292 g/mol. The predicted molar refractivity (Wildman–Crippen MR) is 89.6 cm³/mol. The largest absolute Gasteiger partial charge is 0.467 e. The highest BCUT2D eigenvalue weighted by atomic mass is 16.5. The third kappa shape index (κ3) is 3.33. The van der Waals surface area contributed by atoms with Crippen molar-refractivity contribution in [2.24, 2.45) is 5.92 Å². The van der Waals surface area contributed by atoms with Gasteiger partial charge in [-0.15, -0.1) is 0 Å². The monoisotopic (exact) mass is 316 g/mol. The molecule has 5 heteroatoms. The van der Waals surface area contributed by atoms with Crippen molar-refractivity contribution in [1.29, 1.82) is 0 Å². The number of oxazole rings is 1. The molecule has 0 spiro atoms. The van der Waals surface area contributed by atoms with E-state index in [1.807, 2.05) is 11.0 Å². The summed E-state index contributed by atoms with van der Waals surface area (Å²) in [6.07, 6.45) is 3.85. The third-order valence-corrected chi connectivity index (χ3v) is 4.31. The zero-order chi connectivity index (χ0) is 16.4. The molecule has 1 aromatic heterocycles. The molecule has 1 aliphatic heterocycles. The van der Waals surface area contributed by atoms with Crippen LogP contribution in [0.25, 0.3) is 11.1 Å². The van der Waals surface area contributed by atoms with Crippen molar-refractivity contribution < 1.29 is 13.9 Å². The smallest absolute Gasteiger partial charge is 0.328 e. The maximum Gasteiger partial charge on any atom is 0.328 e. The highest BCUT2D eigenvalue weighted by Gasteiger charge is 2.32. The average molecular weight is 316 g/mol. The summed E-state index contributed by atoms with van der Waals surface area (Å²) < 4.78 is 10.9. The number of anilines is 1. The quantitative estimate of drug-likeness (QED) is 0.807. The van der Waals surface area contributed by atoms with Crippen LogP contribution in [0.4, 0.5) is 6.01 Å². The molecule has 1 atom stereocenters. The maximum atomic E-state index is 12.0. The highest BCUT2D eigenvalue weighted by Crippen LogP contribution is 2.29. The van der Waals surface area contributed by atoms with Gasteiger partial charge in [0.2, 0.25) is 0 Å². The summed E-state index contributed by atoms with van der Waals surface area (Å²) in [7, 11) is 1.43. The molecule has 0 amide bonds. The lowest BCUT2D eigenvalue weighted by Gasteiger charge is -2.32. The number of carbonyl (C=O) groups excluding carboxylic acids is 1. The first kappa shape index (κ1) is 15.8. The zero-order valence-corrected chi connectivity index (χ0v) is 14.0. The van der Waals surface area contributed by atoms with Crippen molar-refractivity contribution in [3.8, 4) is 0 Å². The van der Waals surface area contributed by atoms with Crippen LogP contribution in [0.2, 0.25) is 0 Å². The number of benzene rings is 1. The van der Waals surface area contributed by atoms with Gasteiger partial charge in [-0.3, -0.25) is 0 Å². The van der Waals surface area contributed by atoms with Crippen molar-refractivity contribution in [3.05, 3.63) is 23.8 Å². The fourth-order valence-electron chi connectivity index (χ4n) is 3.22. The number of piperidine rings is 1. The number of hydrogen-bond acceptors (Lipinski definition) is 5. The van der Waals surface area contributed by atoms with Crippen LogP contribution in [0.1, 0.15) is 38.7 Å². The van der Waals surface area contributed by atoms with Gasteiger partial charge in [-0.1, -0.05) is 19.9 Å². The molecule has 0 radical (unpaired) electrons. The van der Waals surface area contributed by atoms with Crippen molar-refractivity contribution >= 4 is 23.1 Å². The van der Waals surface area contributed by atoms with E-state index in [1.165, 1.54) is 12.7 Å². The Morgan fingerprint density at radius 1 is 1.43 bits per heavy atom. The number of nitrogens with zero attached hydrogens (tertiary/aromatic N) is 2. The van der Waals surface area contributed by atoms with E-state index >= 15 is 0 Å². The molecule has 1 fully saturated rings. The standard InChI is InChI=1S/C18H24N2O3/c1-12(2)10-13-7-8-14-16(11-13)23-18(19-14)20-9-5-4-6-15(20)17(21)22-3/h7-8,11-12,15H,4-6,9-10H2,1-3H3. The normalized spacial score (nSPS) is 18.6. The van der Waals surface area contributed by atoms with Crippen LogP contribution in [-0.4, -0.2) is 30.6 Å². The SMILES string of the molecule is COC(=O)C1CCCCN1c1nc2ccc(CC(C)C)cc2o1. The van der Waals surface area contributed by atoms with Crippen LogP contribution in [0.3, 0.4) is 0 Å². The second-order valence-corrected chi connectivity index (χ2v) is 6.62. The molecular formula is C18H24N2O3. The van der Waals surface area contributed by atoms with E-state index < -0.39 is 0 Å². The molecule has 1 saturated heterocycles. The number of esters is 1. The topological polar surface area (TPSA) is 55.6 Å². The van der Waals surface area contributed by atoms with Crippen LogP contribution < -0.4 is 4.90 Å². The van der Waals surface area contributed by atoms with E-state index in [9.17, 15) is 4.79 Å². The van der Waals surface area contributed by atoms with Gasteiger partial charge in [-0.05, 0) is 49.3 Å². The van der Waals surface area contributed by atoms with Gasteiger partial charge in [0.05, 0.1) is 7.11 Å². The van der Waals surface area contributed by atoms with E-state index in [0.717, 1.165) is 43.3 Å². The van der Waals surface area contributed by atoms with E-state index in [4.69, 9.17) is 9.15 Å². The van der Waals surface area contributed by atoms with Gasteiger partial charge in [0, 0.05) is 6.54 Å². The predicted octanol–water partition coefficient (Wildman–Crippen LogP) is 3.56. The molecule has 0 bridgehead atoms. The van der Waals surface area contributed by atoms with Gasteiger partial charge in [-0.2, -0.15) is 4.98 Å². The van der Waals surface area contributed by atoms with Crippen LogP contribution in [0, 0.1) is 5.92 Å². The van der Waals surface area contributed by atoms with E-state index in [-0.39, 0.29) is 12.0 Å². The lowest BCUT2D eigenvalue weighted by Crippen LogP contribution is -2.45. The highest BCUT2D eigenvalue weighted by molar-refractivity contribution is 5.81. The summed E-state index contributed by atoms with van der Waals surface area (Å²) in [5.41, 5.74) is 2.87. The molecule has 3 rings (SSSR count). The van der Waals surface area contributed by atoms with Crippen molar-refractivity contribution in [2.45, 2.75) is 45.6 Å². The first-order valence-corrected chi connectivity index (χ1v) is 8.32. The number of rotatable bonds is 4. The lowest BCUT2D eigenvalue weighted by molar-refractivity contribution is -0.142. The lowest BCUT2D eigenvalue weighted by atomic mass is 10.0. The first-order chi connectivity index (χ1) is 11.1. The Morgan fingerprint density at radius 3 is 3.00 bits per heavy atom. The van der Waals surface area contributed by atoms with Gasteiger partial charge in [0.15, 0.2) is 5.58 Å². The van der Waals surface area contributed by atoms with Gasteiger partial charge in [-0.25, -0.2) is 4.79 Å². The summed E-state index contributed by atoms with van der Waals surface area (Å²) in [4.78, 5) is 18.5. The number of carbonyl (C=O) groups is 1. The number of aromatic nitrogens is 1. The fraction of sp³-hybridized carbons (Fsp3) is 0.556. The Kier molecular flexibility index (Phi) is 4.55. The second kappa shape index (κ2) is 6.60. The van der Waals surface area contributed by atoms with E-state index in [0.29, 0.717) is 11.9 Å². The minimum absolute atomic E-state index is 0.215. The van der Waals surface area contributed by atoms with Crippen molar-refractivity contribution in [3.63, 3.8) is 0 Å². The van der Waals surface area contributed by atoms with E-state index in [1.54, 1.807) is 0 Å². The average Bonchev–Trinajstić information content (AvgIpc) is 2.96. The van der Waals surface area contributed by atoms with Gasteiger partial charge < -0.3 is 14.1 Å². The van der Waals surface area contributed by atoms with Crippen molar-refractivity contribution in [1.82, 2.24) is 4.98 Å². The van der Waals surface area contributed by atoms with Gasteiger partial charge in [0.25, 0.3) is 6.01 Å². The Labute approximate surface area is 136 Å². The molecule has 2 aromatic rings. The van der Waals surface area contributed by atoms with Crippen LogP contribution in [0.15, 0.2) is 22.6 Å².